The van der Waals surface area contributed by atoms with E-state index in [1.807, 2.05) is 6.92 Å². The van der Waals surface area contributed by atoms with Crippen LogP contribution in [0.1, 0.15) is 34.1 Å². The van der Waals surface area contributed by atoms with Crippen molar-refractivity contribution < 1.29 is 14.3 Å². The van der Waals surface area contributed by atoms with Crippen LogP contribution in [0.25, 0.3) is 0 Å². The van der Waals surface area contributed by atoms with Crippen molar-refractivity contribution in [3.63, 3.8) is 0 Å². The molecular formula is C12H25NO3. The summed E-state index contributed by atoms with van der Waals surface area (Å²) in [5.41, 5.74) is -0.565. The first kappa shape index (κ1) is 15.4. The minimum Gasteiger partial charge on any atom is -0.462 e. The van der Waals surface area contributed by atoms with Crippen molar-refractivity contribution in [2.24, 2.45) is 5.41 Å². The maximum atomic E-state index is 11.9. The molecule has 0 saturated heterocycles. The van der Waals surface area contributed by atoms with E-state index < -0.39 is 5.54 Å². The zero-order chi connectivity index (χ0) is 12.8. The summed E-state index contributed by atoms with van der Waals surface area (Å²) < 4.78 is 10.00. The second kappa shape index (κ2) is 6.21. The number of hydrogen-bond acceptors (Lipinski definition) is 4. The van der Waals surface area contributed by atoms with Gasteiger partial charge in [0, 0.05) is 7.11 Å². The molecule has 96 valence electrons. The van der Waals surface area contributed by atoms with Crippen LogP contribution < -0.4 is 5.32 Å². The number of methoxy groups -OCH3 is 1. The Morgan fingerprint density at radius 1 is 1.19 bits per heavy atom. The van der Waals surface area contributed by atoms with E-state index in [0.29, 0.717) is 13.2 Å². The largest absolute Gasteiger partial charge is 0.462 e. The number of hydrogen-bond donors (Lipinski definition) is 1. The van der Waals surface area contributed by atoms with Gasteiger partial charge in [-0.15, -0.1) is 0 Å². The molecule has 0 fully saturated rings. The van der Waals surface area contributed by atoms with Gasteiger partial charge in [0.25, 0.3) is 0 Å². The van der Waals surface area contributed by atoms with E-state index in [1.54, 1.807) is 14.2 Å². The van der Waals surface area contributed by atoms with Crippen LogP contribution in [0.3, 0.4) is 0 Å². The van der Waals surface area contributed by atoms with Gasteiger partial charge < -0.3 is 14.8 Å². The van der Waals surface area contributed by atoms with Gasteiger partial charge in [-0.1, -0.05) is 20.8 Å². The molecule has 0 aliphatic carbocycles. The van der Waals surface area contributed by atoms with Gasteiger partial charge in [0.15, 0.2) is 0 Å². The third-order valence-corrected chi connectivity index (χ3v) is 2.41. The molecule has 0 spiro atoms. The molecule has 0 rings (SSSR count). The van der Waals surface area contributed by atoms with E-state index in [-0.39, 0.29) is 11.4 Å². The predicted octanol–water partition coefficient (Wildman–Crippen LogP) is 1.59. The highest BCUT2D eigenvalue weighted by Crippen LogP contribution is 2.27. The standard InChI is InChI=1S/C12H25NO3/c1-11(2,3)9-12(4,13-5)10(14)16-8-7-15-6/h13H,7-9H2,1-6H3. The summed E-state index contributed by atoms with van der Waals surface area (Å²) in [6, 6.07) is 0. The molecule has 0 bridgehead atoms. The Labute approximate surface area is 98.7 Å². The molecule has 0 aromatic carbocycles. The van der Waals surface area contributed by atoms with Gasteiger partial charge in [0.05, 0.1) is 6.61 Å². The van der Waals surface area contributed by atoms with Crippen LogP contribution in [0.5, 0.6) is 0 Å². The van der Waals surface area contributed by atoms with Gasteiger partial charge in [-0.05, 0) is 25.8 Å². The second-order valence-electron chi connectivity index (χ2n) is 5.45. The Hall–Kier alpha value is -0.610. The molecule has 4 heteroatoms. The average Bonchev–Trinajstić information content (AvgIpc) is 2.15. The first-order valence-corrected chi connectivity index (χ1v) is 5.60. The van der Waals surface area contributed by atoms with Gasteiger partial charge in [-0.3, -0.25) is 4.79 Å². The fraction of sp³-hybridized carbons (Fsp3) is 0.917. The van der Waals surface area contributed by atoms with Crippen LogP contribution in [0.4, 0.5) is 0 Å². The summed E-state index contributed by atoms with van der Waals surface area (Å²) in [7, 11) is 3.36. The summed E-state index contributed by atoms with van der Waals surface area (Å²) in [4.78, 5) is 11.9. The van der Waals surface area contributed by atoms with Gasteiger partial charge in [0.1, 0.15) is 12.1 Å². The quantitative estimate of drug-likeness (QED) is 0.557. The Bertz CT molecular complexity index is 223. The lowest BCUT2D eigenvalue weighted by molar-refractivity contribution is -0.153. The SMILES string of the molecule is CNC(C)(CC(C)(C)C)C(=O)OCCOC. The predicted molar refractivity (Wildman–Crippen MR) is 64.4 cm³/mol. The molecule has 0 amide bonds. The van der Waals surface area contributed by atoms with Crippen molar-refractivity contribution in [3.8, 4) is 0 Å². The zero-order valence-electron chi connectivity index (χ0n) is 11.3. The van der Waals surface area contributed by atoms with Crippen molar-refractivity contribution in [3.05, 3.63) is 0 Å². The van der Waals surface area contributed by atoms with Gasteiger partial charge in [-0.2, -0.15) is 0 Å². The fourth-order valence-electron chi connectivity index (χ4n) is 1.70. The summed E-state index contributed by atoms with van der Waals surface area (Å²) in [5, 5.41) is 3.05. The number of likely N-dealkylation sites (N-methyl/N-ethyl adjacent to an activating group) is 1. The van der Waals surface area contributed by atoms with Gasteiger partial charge >= 0.3 is 5.97 Å². The van der Waals surface area contributed by atoms with Crippen molar-refractivity contribution in [2.75, 3.05) is 27.4 Å². The summed E-state index contributed by atoms with van der Waals surface area (Å²) in [5.74, 6) is -0.220. The Balaban J connectivity index is 4.38. The maximum Gasteiger partial charge on any atom is 0.326 e. The summed E-state index contributed by atoms with van der Waals surface area (Å²) in [6.45, 7) is 8.91. The Morgan fingerprint density at radius 2 is 1.75 bits per heavy atom. The van der Waals surface area contributed by atoms with Crippen LogP contribution in [-0.2, 0) is 14.3 Å². The maximum absolute atomic E-state index is 11.9. The third-order valence-electron chi connectivity index (χ3n) is 2.41. The van der Waals surface area contributed by atoms with Gasteiger partial charge in [0.2, 0.25) is 0 Å². The number of nitrogens with one attached hydrogen (secondary N) is 1. The molecule has 0 radical (unpaired) electrons. The van der Waals surface area contributed by atoms with E-state index in [0.717, 1.165) is 6.42 Å². The fourth-order valence-corrected chi connectivity index (χ4v) is 1.70. The number of ether oxygens (including phenoxy) is 2. The zero-order valence-corrected chi connectivity index (χ0v) is 11.3. The highest BCUT2D eigenvalue weighted by Gasteiger charge is 2.37. The highest BCUT2D eigenvalue weighted by molar-refractivity contribution is 5.80. The molecule has 0 heterocycles. The third kappa shape index (κ3) is 5.47. The average molecular weight is 231 g/mol. The molecule has 1 atom stereocenters. The first-order chi connectivity index (χ1) is 7.25. The highest BCUT2D eigenvalue weighted by atomic mass is 16.6. The van der Waals surface area contributed by atoms with Crippen molar-refractivity contribution in [1.82, 2.24) is 5.32 Å². The molecule has 16 heavy (non-hydrogen) atoms. The lowest BCUT2D eigenvalue weighted by atomic mass is 9.81. The van der Waals surface area contributed by atoms with Crippen LogP contribution in [0, 0.1) is 5.41 Å². The van der Waals surface area contributed by atoms with Crippen LogP contribution in [-0.4, -0.2) is 38.9 Å². The van der Waals surface area contributed by atoms with E-state index in [2.05, 4.69) is 26.1 Å². The molecule has 1 unspecified atom stereocenters. The Morgan fingerprint density at radius 3 is 2.12 bits per heavy atom. The van der Waals surface area contributed by atoms with Gasteiger partial charge in [-0.25, -0.2) is 0 Å². The molecular weight excluding hydrogens is 206 g/mol. The molecule has 0 aliphatic rings. The monoisotopic (exact) mass is 231 g/mol. The molecule has 0 aromatic rings. The number of rotatable bonds is 6. The minimum absolute atomic E-state index is 0.0675. The van der Waals surface area contributed by atoms with E-state index in [4.69, 9.17) is 9.47 Å². The van der Waals surface area contributed by atoms with Crippen LogP contribution >= 0.6 is 0 Å². The molecule has 0 aliphatic heterocycles. The summed E-state index contributed by atoms with van der Waals surface area (Å²) in [6.07, 6.45) is 0.725. The Kier molecular flexibility index (Phi) is 5.97. The first-order valence-electron chi connectivity index (χ1n) is 5.60. The number of carbonyl (C=O) groups is 1. The molecule has 1 N–H and O–H groups in total. The number of esters is 1. The normalized spacial score (nSPS) is 15.6. The lowest BCUT2D eigenvalue weighted by Gasteiger charge is -2.33. The summed E-state index contributed by atoms with van der Waals surface area (Å²) >= 11 is 0. The lowest BCUT2D eigenvalue weighted by Crippen LogP contribution is -2.51. The van der Waals surface area contributed by atoms with Crippen LogP contribution in [0.15, 0.2) is 0 Å². The minimum atomic E-state index is -0.633. The van der Waals surface area contributed by atoms with Crippen molar-refractivity contribution in [1.29, 1.82) is 0 Å². The van der Waals surface area contributed by atoms with Crippen molar-refractivity contribution in [2.45, 2.75) is 39.7 Å². The molecule has 4 nitrogen and oxygen atoms in total. The molecule has 0 aromatic heterocycles. The van der Waals surface area contributed by atoms with Crippen molar-refractivity contribution >= 4 is 5.97 Å². The molecule has 0 saturated carbocycles. The smallest absolute Gasteiger partial charge is 0.326 e. The van der Waals surface area contributed by atoms with E-state index >= 15 is 0 Å². The topological polar surface area (TPSA) is 47.6 Å². The van der Waals surface area contributed by atoms with E-state index in [9.17, 15) is 4.79 Å². The number of carbonyl (C=O) groups excluding carboxylic acids is 1. The van der Waals surface area contributed by atoms with Crippen LogP contribution in [0.2, 0.25) is 0 Å². The van der Waals surface area contributed by atoms with E-state index in [1.165, 1.54) is 0 Å². The second-order valence-corrected chi connectivity index (χ2v) is 5.45.